The fraction of sp³-hybridized carbons (Fsp3) is 0.455. The minimum Gasteiger partial charge on any atom is -0.355 e. The van der Waals surface area contributed by atoms with Crippen molar-refractivity contribution in [1.82, 2.24) is 14.5 Å². The zero-order valence-corrected chi connectivity index (χ0v) is 19.5. The van der Waals surface area contributed by atoms with Gasteiger partial charge in [0.25, 0.3) is 0 Å². The van der Waals surface area contributed by atoms with Gasteiger partial charge in [0, 0.05) is 30.6 Å². The van der Waals surface area contributed by atoms with E-state index in [2.05, 4.69) is 27.7 Å². The molecule has 1 aliphatic rings. The highest BCUT2D eigenvalue weighted by Gasteiger charge is 2.24. The largest absolute Gasteiger partial charge is 0.355 e. The highest BCUT2D eigenvalue weighted by Crippen LogP contribution is 2.20. The Labute approximate surface area is 188 Å². The maximum absolute atomic E-state index is 12.7. The standard InChI is InChI=1S/C22H29N3O4S2/c1-17(26)19-5-7-21(8-6-19)31(28,29)24(2)16-22(27)23-14-18-9-11-25(12-10-18)15-20-4-3-13-30-20/h3-8,13,18H,9-12,14-16H2,1-2H3,(H,23,27). The summed E-state index contributed by atoms with van der Waals surface area (Å²) >= 11 is 1.77. The molecule has 1 aliphatic heterocycles. The minimum absolute atomic E-state index is 0.0610. The lowest BCUT2D eigenvalue weighted by Gasteiger charge is -2.31. The van der Waals surface area contributed by atoms with Crippen molar-refractivity contribution in [3.63, 3.8) is 0 Å². The Morgan fingerprint density at radius 2 is 1.84 bits per heavy atom. The molecule has 3 rings (SSSR count). The van der Waals surface area contributed by atoms with E-state index in [1.165, 1.54) is 43.1 Å². The van der Waals surface area contributed by atoms with E-state index in [-0.39, 0.29) is 23.1 Å². The third-order valence-corrected chi connectivity index (χ3v) is 8.27. The van der Waals surface area contributed by atoms with E-state index in [0.29, 0.717) is 18.0 Å². The molecule has 1 fully saturated rings. The Balaban J connectivity index is 1.43. The summed E-state index contributed by atoms with van der Waals surface area (Å²) < 4.78 is 26.4. The van der Waals surface area contributed by atoms with Crippen LogP contribution in [0.2, 0.25) is 0 Å². The Kier molecular flexibility index (Phi) is 7.99. The molecule has 168 valence electrons. The molecule has 0 unspecified atom stereocenters. The molecule has 0 spiro atoms. The van der Waals surface area contributed by atoms with E-state index in [0.717, 1.165) is 36.8 Å². The van der Waals surface area contributed by atoms with Gasteiger partial charge in [-0.15, -0.1) is 11.3 Å². The van der Waals surface area contributed by atoms with Crippen LogP contribution in [0.5, 0.6) is 0 Å². The van der Waals surface area contributed by atoms with Crippen LogP contribution in [-0.4, -0.2) is 62.5 Å². The third kappa shape index (κ3) is 6.46. The number of thiophene rings is 1. The van der Waals surface area contributed by atoms with Gasteiger partial charge in [0.2, 0.25) is 15.9 Å². The molecule has 0 saturated carbocycles. The van der Waals surface area contributed by atoms with Gasteiger partial charge in [0.15, 0.2) is 5.78 Å². The van der Waals surface area contributed by atoms with Crippen LogP contribution >= 0.6 is 11.3 Å². The van der Waals surface area contributed by atoms with Gasteiger partial charge in [0.1, 0.15) is 0 Å². The van der Waals surface area contributed by atoms with E-state index in [4.69, 9.17) is 0 Å². The molecular formula is C22H29N3O4S2. The van der Waals surface area contributed by atoms with Gasteiger partial charge in [-0.2, -0.15) is 4.31 Å². The van der Waals surface area contributed by atoms with E-state index in [9.17, 15) is 18.0 Å². The highest BCUT2D eigenvalue weighted by atomic mass is 32.2. The molecule has 1 saturated heterocycles. The lowest BCUT2D eigenvalue weighted by molar-refractivity contribution is -0.121. The van der Waals surface area contributed by atoms with Crippen LogP contribution in [0.15, 0.2) is 46.7 Å². The molecule has 0 radical (unpaired) electrons. The maximum atomic E-state index is 12.7. The number of benzene rings is 1. The smallest absolute Gasteiger partial charge is 0.243 e. The third-order valence-electron chi connectivity index (χ3n) is 5.59. The van der Waals surface area contributed by atoms with Crippen molar-refractivity contribution >= 4 is 33.1 Å². The number of rotatable bonds is 9. The molecule has 0 atom stereocenters. The monoisotopic (exact) mass is 463 g/mol. The molecule has 1 aromatic carbocycles. The van der Waals surface area contributed by atoms with Crippen LogP contribution in [0.3, 0.4) is 0 Å². The molecular weight excluding hydrogens is 434 g/mol. The summed E-state index contributed by atoms with van der Waals surface area (Å²) in [7, 11) is -2.41. The van der Waals surface area contributed by atoms with Crippen LogP contribution < -0.4 is 5.32 Å². The molecule has 1 aromatic heterocycles. The number of hydrogen-bond donors (Lipinski definition) is 1. The van der Waals surface area contributed by atoms with Crippen molar-refractivity contribution in [3.8, 4) is 0 Å². The predicted octanol–water partition coefficient (Wildman–Crippen LogP) is 2.60. The molecule has 9 heteroatoms. The second-order valence-electron chi connectivity index (χ2n) is 7.94. The second kappa shape index (κ2) is 10.5. The molecule has 7 nitrogen and oxygen atoms in total. The summed E-state index contributed by atoms with van der Waals surface area (Å²) in [6.45, 7) is 4.73. The Morgan fingerprint density at radius 3 is 2.42 bits per heavy atom. The minimum atomic E-state index is -3.80. The van der Waals surface area contributed by atoms with Crippen molar-refractivity contribution in [2.45, 2.75) is 31.2 Å². The number of hydrogen-bond acceptors (Lipinski definition) is 6. The van der Waals surface area contributed by atoms with Crippen LogP contribution in [-0.2, 0) is 21.4 Å². The fourth-order valence-electron chi connectivity index (χ4n) is 3.61. The first-order chi connectivity index (χ1) is 14.8. The summed E-state index contributed by atoms with van der Waals surface area (Å²) in [5, 5.41) is 4.98. The number of nitrogens with one attached hydrogen (secondary N) is 1. The summed E-state index contributed by atoms with van der Waals surface area (Å²) in [4.78, 5) is 27.5. The van der Waals surface area contributed by atoms with E-state index >= 15 is 0 Å². The zero-order valence-electron chi connectivity index (χ0n) is 17.9. The number of likely N-dealkylation sites (tertiary alicyclic amines) is 1. The van der Waals surface area contributed by atoms with Gasteiger partial charge < -0.3 is 5.32 Å². The average Bonchev–Trinajstić information content (AvgIpc) is 3.26. The van der Waals surface area contributed by atoms with E-state index in [1.54, 1.807) is 11.3 Å². The summed E-state index contributed by atoms with van der Waals surface area (Å²) in [5.74, 6) is -0.0361. The second-order valence-corrected chi connectivity index (χ2v) is 11.0. The van der Waals surface area contributed by atoms with E-state index in [1.807, 2.05) is 0 Å². The number of carbonyl (C=O) groups excluding carboxylic acids is 2. The van der Waals surface area contributed by atoms with Gasteiger partial charge in [-0.25, -0.2) is 8.42 Å². The first kappa shape index (κ1) is 23.6. The van der Waals surface area contributed by atoms with Gasteiger partial charge in [-0.3, -0.25) is 14.5 Å². The average molecular weight is 464 g/mol. The van der Waals surface area contributed by atoms with Crippen molar-refractivity contribution in [2.75, 3.05) is 33.2 Å². The molecule has 0 bridgehead atoms. The van der Waals surface area contributed by atoms with Crippen LogP contribution in [0, 0.1) is 5.92 Å². The van der Waals surface area contributed by atoms with Crippen molar-refractivity contribution in [2.24, 2.45) is 5.92 Å². The van der Waals surface area contributed by atoms with Crippen LogP contribution in [0.4, 0.5) is 0 Å². The van der Waals surface area contributed by atoms with Crippen molar-refractivity contribution < 1.29 is 18.0 Å². The number of sulfonamides is 1. The number of likely N-dealkylation sites (N-methyl/N-ethyl adjacent to an activating group) is 1. The van der Waals surface area contributed by atoms with Gasteiger partial charge in [-0.05, 0) is 62.4 Å². The SMILES string of the molecule is CC(=O)c1ccc(S(=O)(=O)N(C)CC(=O)NCC2CCN(Cc3cccs3)CC2)cc1. The Hall–Kier alpha value is -2.07. The predicted molar refractivity (Wildman–Crippen MR) is 122 cm³/mol. The van der Waals surface area contributed by atoms with Crippen molar-refractivity contribution in [3.05, 3.63) is 52.2 Å². The lowest BCUT2D eigenvalue weighted by Crippen LogP contribution is -2.42. The van der Waals surface area contributed by atoms with E-state index < -0.39 is 10.0 Å². The number of piperidine rings is 1. The molecule has 2 aromatic rings. The summed E-state index contributed by atoms with van der Waals surface area (Å²) in [6.07, 6.45) is 2.03. The number of amides is 1. The van der Waals surface area contributed by atoms with Gasteiger partial charge in [0.05, 0.1) is 11.4 Å². The van der Waals surface area contributed by atoms with Gasteiger partial charge >= 0.3 is 0 Å². The Morgan fingerprint density at radius 1 is 1.16 bits per heavy atom. The molecule has 31 heavy (non-hydrogen) atoms. The summed E-state index contributed by atoms with van der Waals surface area (Å²) in [5.41, 5.74) is 0.445. The zero-order chi connectivity index (χ0) is 22.4. The van der Waals surface area contributed by atoms with Crippen molar-refractivity contribution in [1.29, 1.82) is 0 Å². The number of Topliss-reactive ketones (excluding diaryl/α,β-unsaturated/α-hetero) is 1. The topological polar surface area (TPSA) is 86.8 Å². The number of ketones is 1. The first-order valence-corrected chi connectivity index (χ1v) is 12.7. The molecule has 2 heterocycles. The normalized spacial score (nSPS) is 15.8. The lowest BCUT2D eigenvalue weighted by atomic mass is 9.97. The van der Waals surface area contributed by atoms with Gasteiger partial charge in [-0.1, -0.05) is 18.2 Å². The fourth-order valence-corrected chi connectivity index (χ4v) is 5.49. The molecule has 0 aliphatic carbocycles. The molecule has 1 amide bonds. The maximum Gasteiger partial charge on any atom is 0.243 e. The first-order valence-electron chi connectivity index (χ1n) is 10.3. The van der Waals surface area contributed by atoms with Crippen LogP contribution in [0.25, 0.3) is 0 Å². The summed E-state index contributed by atoms with van der Waals surface area (Å²) in [6, 6.07) is 9.97. The van der Waals surface area contributed by atoms with Crippen LogP contribution in [0.1, 0.15) is 35.0 Å². The number of carbonyl (C=O) groups is 2. The quantitative estimate of drug-likeness (QED) is 0.578. The number of nitrogens with zero attached hydrogens (tertiary/aromatic N) is 2. The highest BCUT2D eigenvalue weighted by molar-refractivity contribution is 7.89. The molecule has 1 N–H and O–H groups in total. The Bertz CT molecular complexity index is 980.